The van der Waals surface area contributed by atoms with Gasteiger partial charge in [0.1, 0.15) is 18.1 Å². The van der Waals surface area contributed by atoms with E-state index in [2.05, 4.69) is 0 Å². The van der Waals surface area contributed by atoms with E-state index in [0.29, 0.717) is 13.1 Å². The first kappa shape index (κ1) is 19.1. The lowest BCUT2D eigenvalue weighted by molar-refractivity contribution is 0.0694. The molecule has 1 atom stereocenters. The van der Waals surface area contributed by atoms with Crippen LogP contribution in [0.5, 0.6) is 0 Å². The molecule has 1 aromatic carbocycles. The molecular formula is C19H20ClF2N3O3. The summed E-state index contributed by atoms with van der Waals surface area (Å²) in [6.07, 6.45) is 4.10. The van der Waals surface area contributed by atoms with Crippen molar-refractivity contribution >= 4 is 34.2 Å². The van der Waals surface area contributed by atoms with E-state index in [4.69, 9.17) is 17.3 Å². The third-order valence-electron chi connectivity index (χ3n) is 6.16. The van der Waals surface area contributed by atoms with Gasteiger partial charge in [0.15, 0.2) is 0 Å². The van der Waals surface area contributed by atoms with Crippen molar-refractivity contribution in [2.45, 2.75) is 31.8 Å². The van der Waals surface area contributed by atoms with Gasteiger partial charge in [-0.2, -0.15) is 0 Å². The van der Waals surface area contributed by atoms with Crippen molar-refractivity contribution in [2.24, 2.45) is 11.1 Å². The Balaban J connectivity index is 1.92. The fourth-order valence-corrected chi connectivity index (χ4v) is 4.93. The van der Waals surface area contributed by atoms with E-state index in [9.17, 15) is 19.1 Å². The molecule has 2 fully saturated rings. The number of rotatable bonds is 4. The minimum absolute atomic E-state index is 0.0268. The third kappa shape index (κ3) is 2.69. The van der Waals surface area contributed by atoms with Crippen LogP contribution in [0.3, 0.4) is 0 Å². The zero-order valence-corrected chi connectivity index (χ0v) is 15.8. The van der Waals surface area contributed by atoms with E-state index in [1.54, 1.807) is 4.90 Å². The maximum atomic E-state index is 15.0. The Hall–Kier alpha value is -2.19. The molecule has 1 spiro atoms. The Morgan fingerprint density at radius 3 is 2.68 bits per heavy atom. The number of aromatic nitrogens is 1. The van der Waals surface area contributed by atoms with Crippen LogP contribution in [0.4, 0.5) is 14.5 Å². The van der Waals surface area contributed by atoms with Crippen molar-refractivity contribution in [1.82, 2.24) is 4.57 Å². The summed E-state index contributed by atoms with van der Waals surface area (Å²) >= 11 is 6.52. The van der Waals surface area contributed by atoms with Gasteiger partial charge < -0.3 is 20.3 Å². The van der Waals surface area contributed by atoms with E-state index < -0.39 is 29.5 Å². The number of hydrogen-bond acceptors (Lipinski definition) is 4. The normalized spacial score (nSPS) is 20.7. The number of carboxylic acids is 1. The summed E-state index contributed by atoms with van der Waals surface area (Å²) < 4.78 is 29.4. The lowest BCUT2D eigenvalue weighted by atomic mass is 9.66. The number of nitrogens with two attached hydrogens (primary N) is 1. The van der Waals surface area contributed by atoms with E-state index in [1.165, 1.54) is 4.57 Å². The van der Waals surface area contributed by atoms with Crippen LogP contribution < -0.4 is 16.1 Å². The van der Waals surface area contributed by atoms with Crippen molar-refractivity contribution < 1.29 is 18.7 Å². The van der Waals surface area contributed by atoms with Crippen LogP contribution >= 0.6 is 11.6 Å². The van der Waals surface area contributed by atoms with Gasteiger partial charge >= 0.3 is 5.97 Å². The fraction of sp³-hybridized carbons (Fsp3) is 0.474. The highest BCUT2D eigenvalue weighted by atomic mass is 35.5. The summed E-state index contributed by atoms with van der Waals surface area (Å²) in [6, 6.07) is 0.895. The number of alkyl halides is 1. The predicted octanol–water partition coefficient (Wildman–Crippen LogP) is 2.78. The van der Waals surface area contributed by atoms with Gasteiger partial charge in [-0.1, -0.05) is 18.0 Å². The van der Waals surface area contributed by atoms with Crippen LogP contribution in [0.15, 0.2) is 17.1 Å². The highest BCUT2D eigenvalue weighted by Crippen LogP contribution is 2.50. The van der Waals surface area contributed by atoms with Gasteiger partial charge in [-0.15, -0.1) is 0 Å². The fourth-order valence-electron chi connectivity index (χ4n) is 4.51. The number of pyridine rings is 1. The zero-order valence-electron chi connectivity index (χ0n) is 15.1. The quantitative estimate of drug-likeness (QED) is 0.807. The molecule has 6 nitrogen and oxygen atoms in total. The maximum absolute atomic E-state index is 15.0. The van der Waals surface area contributed by atoms with Gasteiger partial charge in [0.2, 0.25) is 5.43 Å². The lowest BCUT2D eigenvalue weighted by Crippen LogP contribution is -2.45. The van der Waals surface area contributed by atoms with Crippen LogP contribution in [-0.2, 0) is 6.54 Å². The molecule has 2 aliphatic rings. The average molecular weight is 412 g/mol. The molecule has 1 unspecified atom stereocenters. The summed E-state index contributed by atoms with van der Waals surface area (Å²) in [5.74, 6) is -2.18. The first-order chi connectivity index (χ1) is 13.3. The summed E-state index contributed by atoms with van der Waals surface area (Å²) in [5.41, 5.74) is 5.11. The van der Waals surface area contributed by atoms with E-state index in [1.807, 2.05) is 0 Å². The molecule has 1 aliphatic heterocycles. The molecule has 0 amide bonds. The Morgan fingerprint density at radius 2 is 2.14 bits per heavy atom. The van der Waals surface area contributed by atoms with Gasteiger partial charge in [0.05, 0.1) is 28.2 Å². The number of benzene rings is 1. The monoisotopic (exact) mass is 411 g/mol. The number of aromatic carboxylic acids is 1. The SMILES string of the molecule is NC1CN(c2c(F)cc3c(=O)c(C(=O)O)cn(CCF)c3c2Cl)CC12CCC2. The first-order valence-electron chi connectivity index (χ1n) is 9.14. The number of fused-ring (bicyclic) bond motifs is 1. The summed E-state index contributed by atoms with van der Waals surface area (Å²) in [7, 11) is 0. The summed E-state index contributed by atoms with van der Waals surface area (Å²) in [5, 5.41) is 9.04. The van der Waals surface area contributed by atoms with Crippen LogP contribution in [0.25, 0.3) is 10.9 Å². The molecule has 1 aliphatic carbocycles. The lowest BCUT2D eigenvalue weighted by Gasteiger charge is -2.41. The standard InChI is InChI=1S/C19H20ClF2N3O3/c20-14-15-10(17(26)11(18(27)28)7-24(15)5-4-21)6-12(22)16(14)25-8-13(23)19(9-25)2-1-3-19/h6-7,13H,1-5,8-9,23H2,(H,27,28). The molecule has 150 valence electrons. The molecule has 2 aromatic rings. The topological polar surface area (TPSA) is 88.6 Å². The average Bonchev–Trinajstić information content (AvgIpc) is 2.94. The molecule has 28 heavy (non-hydrogen) atoms. The van der Waals surface area contributed by atoms with Crippen LogP contribution in [-0.4, -0.2) is 41.4 Å². The molecular weight excluding hydrogens is 392 g/mol. The maximum Gasteiger partial charge on any atom is 0.341 e. The minimum atomic E-state index is -1.46. The molecule has 2 heterocycles. The predicted molar refractivity (Wildman–Crippen MR) is 103 cm³/mol. The number of hydrogen-bond donors (Lipinski definition) is 2. The molecule has 1 saturated carbocycles. The molecule has 0 radical (unpaired) electrons. The molecule has 4 rings (SSSR count). The number of nitrogens with zero attached hydrogens (tertiary/aromatic N) is 2. The number of aryl methyl sites for hydroxylation is 1. The smallest absolute Gasteiger partial charge is 0.341 e. The highest BCUT2D eigenvalue weighted by molar-refractivity contribution is 6.38. The van der Waals surface area contributed by atoms with Crippen molar-refractivity contribution in [2.75, 3.05) is 24.7 Å². The number of carboxylic acid groups (broad SMARTS) is 1. The zero-order chi connectivity index (χ0) is 20.2. The summed E-state index contributed by atoms with van der Waals surface area (Å²) in [6.45, 7) is 0.00262. The minimum Gasteiger partial charge on any atom is -0.477 e. The van der Waals surface area contributed by atoms with E-state index in [0.717, 1.165) is 31.5 Å². The van der Waals surface area contributed by atoms with Gasteiger partial charge in [0, 0.05) is 30.7 Å². The number of halogens is 3. The molecule has 1 aromatic heterocycles. The second-order valence-corrected chi connectivity index (χ2v) is 8.06. The van der Waals surface area contributed by atoms with Crippen molar-refractivity contribution in [3.05, 3.63) is 38.9 Å². The number of anilines is 1. The second-order valence-electron chi connectivity index (χ2n) is 7.68. The van der Waals surface area contributed by atoms with Crippen LogP contribution in [0, 0.1) is 11.2 Å². The largest absolute Gasteiger partial charge is 0.477 e. The van der Waals surface area contributed by atoms with Crippen LogP contribution in [0.1, 0.15) is 29.6 Å². The van der Waals surface area contributed by atoms with Gasteiger partial charge in [-0.25, -0.2) is 13.6 Å². The van der Waals surface area contributed by atoms with Crippen LogP contribution in [0.2, 0.25) is 5.02 Å². The van der Waals surface area contributed by atoms with Crippen molar-refractivity contribution in [1.29, 1.82) is 0 Å². The third-order valence-corrected chi connectivity index (χ3v) is 6.52. The highest BCUT2D eigenvalue weighted by Gasteiger charge is 2.49. The molecule has 3 N–H and O–H groups in total. The Kier molecular flexibility index (Phi) is 4.58. The van der Waals surface area contributed by atoms with E-state index in [-0.39, 0.29) is 39.6 Å². The Morgan fingerprint density at radius 1 is 1.43 bits per heavy atom. The summed E-state index contributed by atoms with van der Waals surface area (Å²) in [4.78, 5) is 25.7. The second kappa shape index (κ2) is 6.70. The van der Waals surface area contributed by atoms with Gasteiger partial charge in [-0.05, 0) is 18.9 Å². The van der Waals surface area contributed by atoms with Gasteiger partial charge in [-0.3, -0.25) is 4.79 Å². The number of carbonyl (C=O) groups is 1. The molecule has 1 saturated heterocycles. The Bertz CT molecular complexity index is 1040. The molecule has 0 bridgehead atoms. The van der Waals surface area contributed by atoms with Gasteiger partial charge in [0.25, 0.3) is 0 Å². The molecule has 9 heteroatoms. The van der Waals surface area contributed by atoms with E-state index >= 15 is 4.39 Å². The Labute approximate surface area is 164 Å². The first-order valence-corrected chi connectivity index (χ1v) is 9.52. The van der Waals surface area contributed by atoms with Crippen molar-refractivity contribution in [3.8, 4) is 0 Å². The van der Waals surface area contributed by atoms with Crippen molar-refractivity contribution in [3.63, 3.8) is 0 Å².